The van der Waals surface area contributed by atoms with Crippen molar-refractivity contribution in [2.75, 3.05) is 0 Å². The van der Waals surface area contributed by atoms with Crippen LogP contribution < -0.4 is 0 Å². The zero-order chi connectivity index (χ0) is 16.9. The van der Waals surface area contributed by atoms with Crippen LogP contribution in [0.1, 0.15) is 74.6 Å². The van der Waals surface area contributed by atoms with E-state index in [0.29, 0.717) is 0 Å². The Morgan fingerprint density at radius 3 is 2.21 bits per heavy atom. The number of hydrogen-bond acceptors (Lipinski definition) is 0. The van der Waals surface area contributed by atoms with Gasteiger partial charge in [-0.3, -0.25) is 0 Å². The Kier molecular flexibility index (Phi) is 6.16. The number of unbranched alkanes of at least 4 members (excludes halogenated alkanes) is 4. The highest BCUT2D eigenvalue weighted by Gasteiger charge is 2.24. The minimum Gasteiger partial charge on any atom is -0.0654 e. The number of hydrogen-bond donors (Lipinski definition) is 0. The summed E-state index contributed by atoms with van der Waals surface area (Å²) in [5.41, 5.74) is 9.28. The average Bonchev–Trinajstić information content (AvgIpc) is 2.95. The van der Waals surface area contributed by atoms with Crippen molar-refractivity contribution in [2.24, 2.45) is 0 Å². The second kappa shape index (κ2) is 8.34. The molecule has 2 aromatic rings. The van der Waals surface area contributed by atoms with Crippen LogP contribution in [0.2, 0.25) is 0 Å². The molecule has 0 unspecified atom stereocenters. The van der Waals surface area contributed by atoms with E-state index < -0.39 is 0 Å². The van der Waals surface area contributed by atoms with E-state index in [4.69, 9.17) is 0 Å². The molecule has 0 radical (unpaired) electrons. The predicted molar refractivity (Wildman–Crippen MR) is 109 cm³/mol. The van der Waals surface area contributed by atoms with Gasteiger partial charge in [0, 0.05) is 4.47 Å². The van der Waals surface area contributed by atoms with Gasteiger partial charge in [0.2, 0.25) is 0 Å². The quantitative estimate of drug-likeness (QED) is 0.353. The molecule has 0 amide bonds. The van der Waals surface area contributed by atoms with Gasteiger partial charge >= 0.3 is 0 Å². The average molecular weight is 385 g/mol. The van der Waals surface area contributed by atoms with Gasteiger partial charge in [-0.2, -0.15) is 0 Å². The summed E-state index contributed by atoms with van der Waals surface area (Å²) in [5.74, 6) is 0. The van der Waals surface area contributed by atoms with Crippen molar-refractivity contribution in [1.82, 2.24) is 0 Å². The first-order chi connectivity index (χ1) is 11.8. The molecule has 0 aromatic heterocycles. The molecular formula is C23H29Br. The van der Waals surface area contributed by atoms with Gasteiger partial charge in [0.15, 0.2) is 0 Å². The maximum absolute atomic E-state index is 3.91. The van der Waals surface area contributed by atoms with Gasteiger partial charge in [0.1, 0.15) is 0 Å². The van der Waals surface area contributed by atoms with Gasteiger partial charge in [-0.05, 0) is 71.6 Å². The Morgan fingerprint density at radius 1 is 0.833 bits per heavy atom. The standard InChI is InChI=1S/C23H29Br/c1-3-5-7-13-19-20(14-8-6-4-2)23(24)16-22-18-12-10-9-11-17(18)15-21(19)22/h9-12,16H,3-8,13-15H2,1-2H3. The Labute approximate surface area is 155 Å². The fourth-order valence-electron chi connectivity index (χ4n) is 4.04. The molecule has 128 valence electrons. The number of rotatable bonds is 8. The Hall–Kier alpha value is -1.08. The van der Waals surface area contributed by atoms with E-state index >= 15 is 0 Å². The summed E-state index contributed by atoms with van der Waals surface area (Å²) < 4.78 is 1.33. The van der Waals surface area contributed by atoms with Crippen LogP contribution in [0.15, 0.2) is 34.8 Å². The molecule has 0 N–H and O–H groups in total. The molecule has 0 bridgehead atoms. The first kappa shape index (κ1) is 17.7. The maximum Gasteiger partial charge on any atom is 0.0216 e. The Morgan fingerprint density at radius 2 is 1.50 bits per heavy atom. The molecule has 0 heterocycles. The molecule has 0 aliphatic heterocycles. The van der Waals surface area contributed by atoms with Gasteiger partial charge in [0.05, 0.1) is 0 Å². The van der Waals surface area contributed by atoms with E-state index in [1.807, 2.05) is 0 Å². The van der Waals surface area contributed by atoms with Crippen molar-refractivity contribution in [3.05, 3.63) is 57.1 Å². The highest BCUT2D eigenvalue weighted by Crippen LogP contribution is 2.43. The lowest BCUT2D eigenvalue weighted by Crippen LogP contribution is -2.02. The molecule has 0 fully saturated rings. The van der Waals surface area contributed by atoms with Crippen molar-refractivity contribution < 1.29 is 0 Å². The third-order valence-electron chi connectivity index (χ3n) is 5.35. The zero-order valence-corrected chi connectivity index (χ0v) is 16.7. The number of halogens is 1. The van der Waals surface area contributed by atoms with E-state index in [1.54, 1.807) is 16.7 Å². The molecular weight excluding hydrogens is 356 g/mol. The molecule has 24 heavy (non-hydrogen) atoms. The molecule has 0 spiro atoms. The van der Waals surface area contributed by atoms with Crippen LogP contribution >= 0.6 is 15.9 Å². The monoisotopic (exact) mass is 384 g/mol. The van der Waals surface area contributed by atoms with E-state index in [2.05, 4.69) is 60.1 Å². The summed E-state index contributed by atoms with van der Waals surface area (Å²) >= 11 is 3.91. The Bertz CT molecular complexity index is 699. The molecule has 1 aliphatic rings. The van der Waals surface area contributed by atoms with Crippen molar-refractivity contribution in [1.29, 1.82) is 0 Å². The summed E-state index contributed by atoms with van der Waals surface area (Å²) in [6, 6.07) is 11.3. The van der Waals surface area contributed by atoms with E-state index in [0.717, 1.165) is 6.42 Å². The minimum atomic E-state index is 1.13. The van der Waals surface area contributed by atoms with Gasteiger partial charge in [-0.25, -0.2) is 0 Å². The van der Waals surface area contributed by atoms with Gasteiger partial charge in [0.25, 0.3) is 0 Å². The van der Waals surface area contributed by atoms with Crippen LogP contribution in [0.3, 0.4) is 0 Å². The topological polar surface area (TPSA) is 0 Å². The van der Waals surface area contributed by atoms with Gasteiger partial charge in [-0.15, -0.1) is 0 Å². The van der Waals surface area contributed by atoms with Gasteiger partial charge in [-0.1, -0.05) is 79.7 Å². The molecule has 1 heteroatoms. The van der Waals surface area contributed by atoms with Crippen molar-refractivity contribution in [3.63, 3.8) is 0 Å². The summed E-state index contributed by atoms with van der Waals surface area (Å²) in [6.07, 6.45) is 11.5. The molecule has 0 saturated carbocycles. The third-order valence-corrected chi connectivity index (χ3v) is 6.06. The summed E-state index contributed by atoms with van der Waals surface area (Å²) in [5, 5.41) is 0. The molecule has 0 nitrogen and oxygen atoms in total. The fraction of sp³-hybridized carbons (Fsp3) is 0.478. The molecule has 1 aliphatic carbocycles. The molecule has 2 aromatic carbocycles. The molecule has 0 saturated heterocycles. The lowest BCUT2D eigenvalue weighted by molar-refractivity contribution is 0.690. The minimum absolute atomic E-state index is 1.13. The van der Waals surface area contributed by atoms with Crippen LogP contribution in [0.25, 0.3) is 11.1 Å². The Balaban J connectivity index is 1.99. The van der Waals surface area contributed by atoms with Crippen LogP contribution in [0.4, 0.5) is 0 Å². The second-order valence-corrected chi connectivity index (χ2v) is 7.94. The first-order valence-electron chi connectivity index (χ1n) is 9.67. The van der Waals surface area contributed by atoms with Crippen LogP contribution in [-0.4, -0.2) is 0 Å². The first-order valence-corrected chi connectivity index (χ1v) is 10.5. The van der Waals surface area contributed by atoms with Crippen molar-refractivity contribution in [2.45, 2.75) is 71.6 Å². The van der Waals surface area contributed by atoms with Gasteiger partial charge < -0.3 is 0 Å². The van der Waals surface area contributed by atoms with E-state index in [-0.39, 0.29) is 0 Å². The lowest BCUT2D eigenvalue weighted by atomic mass is 9.90. The second-order valence-electron chi connectivity index (χ2n) is 7.09. The zero-order valence-electron chi connectivity index (χ0n) is 15.1. The van der Waals surface area contributed by atoms with Crippen molar-refractivity contribution >= 4 is 15.9 Å². The van der Waals surface area contributed by atoms with E-state index in [1.165, 1.54) is 72.5 Å². The van der Waals surface area contributed by atoms with Crippen LogP contribution in [0.5, 0.6) is 0 Å². The number of fused-ring (bicyclic) bond motifs is 3. The summed E-state index contributed by atoms with van der Waals surface area (Å²) in [4.78, 5) is 0. The number of benzene rings is 2. The van der Waals surface area contributed by atoms with E-state index in [9.17, 15) is 0 Å². The summed E-state index contributed by atoms with van der Waals surface area (Å²) in [6.45, 7) is 4.58. The maximum atomic E-state index is 3.91. The SMILES string of the molecule is CCCCCc1c(Br)cc2c(c1CCCCC)Cc1ccccc1-2. The molecule has 3 rings (SSSR count). The van der Waals surface area contributed by atoms with Crippen molar-refractivity contribution in [3.8, 4) is 11.1 Å². The third kappa shape index (κ3) is 3.61. The fourth-order valence-corrected chi connectivity index (χ4v) is 4.70. The lowest BCUT2D eigenvalue weighted by Gasteiger charge is -2.17. The molecule has 0 atom stereocenters. The normalized spacial score (nSPS) is 12.3. The largest absolute Gasteiger partial charge is 0.0654 e. The highest BCUT2D eigenvalue weighted by atomic mass is 79.9. The smallest absolute Gasteiger partial charge is 0.0216 e. The van der Waals surface area contributed by atoms with Crippen LogP contribution in [-0.2, 0) is 19.3 Å². The summed E-state index contributed by atoms with van der Waals surface area (Å²) in [7, 11) is 0. The van der Waals surface area contributed by atoms with Crippen LogP contribution in [0, 0.1) is 0 Å². The predicted octanol–water partition coefficient (Wildman–Crippen LogP) is 7.49. The highest BCUT2D eigenvalue weighted by molar-refractivity contribution is 9.10.